The largest absolute Gasteiger partial charge is 0.336 e. The Bertz CT molecular complexity index is 874. The molecule has 0 atom stereocenters. The zero-order valence-electron chi connectivity index (χ0n) is 12.3. The maximum atomic E-state index is 13.5. The fraction of sp³-hybridized carbons (Fsp3) is 0.267. The Hall–Kier alpha value is -2.28. The van der Waals surface area contributed by atoms with Gasteiger partial charge in [0.2, 0.25) is 5.91 Å². The fourth-order valence-electron chi connectivity index (χ4n) is 2.10. The predicted octanol–water partition coefficient (Wildman–Crippen LogP) is 2.26. The summed E-state index contributed by atoms with van der Waals surface area (Å²) in [5.41, 5.74) is -0.676. The summed E-state index contributed by atoms with van der Waals surface area (Å²) in [6.45, 7) is 0. The number of carbonyl (C=O) groups is 1. The van der Waals surface area contributed by atoms with Crippen LogP contribution in [0.2, 0.25) is 5.02 Å². The summed E-state index contributed by atoms with van der Waals surface area (Å²) in [7, 11) is 1.22. The Morgan fingerprint density at radius 1 is 1.35 bits per heavy atom. The van der Waals surface area contributed by atoms with E-state index in [0.29, 0.717) is 23.0 Å². The van der Waals surface area contributed by atoms with Gasteiger partial charge in [0.15, 0.2) is 11.3 Å². The van der Waals surface area contributed by atoms with Gasteiger partial charge in [-0.15, -0.1) is 0 Å². The van der Waals surface area contributed by atoms with Crippen molar-refractivity contribution in [1.82, 2.24) is 9.13 Å². The van der Waals surface area contributed by atoms with Crippen molar-refractivity contribution in [2.75, 3.05) is 0 Å². The molecule has 1 N–H and O–H groups in total. The summed E-state index contributed by atoms with van der Waals surface area (Å²) in [5.74, 6) is -1.98. The highest BCUT2D eigenvalue weighted by atomic mass is 35.5. The number of halogens is 3. The molecule has 0 bridgehead atoms. The smallest absolute Gasteiger partial charge is 0.282 e. The van der Waals surface area contributed by atoms with Gasteiger partial charge in [0.1, 0.15) is 5.82 Å². The Kier molecular flexibility index (Phi) is 5.10. The maximum absolute atomic E-state index is 13.5. The molecule has 0 aliphatic carbocycles. The maximum Gasteiger partial charge on any atom is 0.336 e. The SMILES string of the molecule is Cn1c(=N)c(F)cn(C(=O)CCCc2ccc(F)cc2Cl)c1=O. The molecule has 0 saturated heterocycles. The average Bonchev–Trinajstić information content (AvgIpc) is 2.50. The summed E-state index contributed by atoms with van der Waals surface area (Å²) in [4.78, 5) is 23.9. The van der Waals surface area contributed by atoms with Crippen LogP contribution < -0.4 is 11.2 Å². The number of aromatic nitrogens is 2. The number of aryl methyl sites for hydroxylation is 1. The molecule has 0 aliphatic heterocycles. The van der Waals surface area contributed by atoms with Gasteiger partial charge < -0.3 is 0 Å². The molecule has 1 aromatic heterocycles. The molecule has 8 heteroatoms. The van der Waals surface area contributed by atoms with Crippen LogP contribution in [-0.2, 0) is 13.5 Å². The van der Waals surface area contributed by atoms with Gasteiger partial charge in [-0.3, -0.25) is 14.8 Å². The summed E-state index contributed by atoms with van der Waals surface area (Å²) in [5, 5.41) is 7.60. The lowest BCUT2D eigenvalue weighted by Crippen LogP contribution is -2.41. The van der Waals surface area contributed by atoms with Gasteiger partial charge in [0.05, 0.1) is 6.20 Å². The second-order valence-corrected chi connectivity index (χ2v) is 5.43. The van der Waals surface area contributed by atoms with E-state index in [1.165, 1.54) is 25.2 Å². The van der Waals surface area contributed by atoms with Gasteiger partial charge in [0.25, 0.3) is 0 Å². The zero-order chi connectivity index (χ0) is 17.1. The quantitative estimate of drug-likeness (QED) is 0.926. The minimum atomic E-state index is -0.956. The van der Waals surface area contributed by atoms with Gasteiger partial charge >= 0.3 is 5.69 Å². The summed E-state index contributed by atoms with van der Waals surface area (Å²) < 4.78 is 27.8. The van der Waals surface area contributed by atoms with E-state index in [-0.39, 0.29) is 11.4 Å². The summed E-state index contributed by atoms with van der Waals surface area (Å²) >= 11 is 5.89. The number of nitrogens with one attached hydrogen (secondary N) is 1. The van der Waals surface area contributed by atoms with Crippen LogP contribution in [0.15, 0.2) is 29.2 Å². The van der Waals surface area contributed by atoms with E-state index in [1.54, 1.807) is 0 Å². The van der Waals surface area contributed by atoms with E-state index in [4.69, 9.17) is 17.0 Å². The normalized spacial score (nSPS) is 10.8. The molecule has 1 heterocycles. The average molecular weight is 342 g/mol. The second kappa shape index (κ2) is 6.87. The number of rotatable bonds is 4. The van der Waals surface area contributed by atoms with Crippen LogP contribution >= 0.6 is 11.6 Å². The molecular formula is C15H14ClF2N3O2. The number of carbonyl (C=O) groups excluding carboxylic acids is 1. The first-order valence-corrected chi connectivity index (χ1v) is 7.19. The first kappa shape index (κ1) is 17.1. The number of hydrogen-bond donors (Lipinski definition) is 1. The van der Waals surface area contributed by atoms with E-state index < -0.39 is 28.7 Å². The van der Waals surface area contributed by atoms with Crippen molar-refractivity contribution in [1.29, 1.82) is 5.41 Å². The van der Waals surface area contributed by atoms with Crippen LogP contribution in [0.4, 0.5) is 8.78 Å². The third-order valence-corrected chi connectivity index (χ3v) is 3.77. The van der Waals surface area contributed by atoms with E-state index in [2.05, 4.69) is 0 Å². The minimum absolute atomic E-state index is 0.00953. The van der Waals surface area contributed by atoms with Crippen molar-refractivity contribution in [3.8, 4) is 0 Å². The molecule has 0 aliphatic rings. The zero-order valence-corrected chi connectivity index (χ0v) is 13.0. The topological polar surface area (TPSA) is 67.8 Å². The van der Waals surface area contributed by atoms with Crippen LogP contribution in [0.1, 0.15) is 23.2 Å². The lowest BCUT2D eigenvalue weighted by atomic mass is 10.1. The molecule has 122 valence electrons. The van der Waals surface area contributed by atoms with Crippen molar-refractivity contribution in [3.63, 3.8) is 0 Å². The summed E-state index contributed by atoms with van der Waals surface area (Å²) in [6.07, 6.45) is 1.50. The molecule has 0 fully saturated rings. The molecular weight excluding hydrogens is 328 g/mol. The highest BCUT2D eigenvalue weighted by molar-refractivity contribution is 6.31. The summed E-state index contributed by atoms with van der Waals surface area (Å²) in [6, 6.07) is 3.99. The lowest BCUT2D eigenvalue weighted by Gasteiger charge is -2.08. The molecule has 0 amide bonds. The Labute approximate surface area is 135 Å². The highest BCUT2D eigenvalue weighted by Crippen LogP contribution is 2.19. The van der Waals surface area contributed by atoms with Gasteiger partial charge in [0, 0.05) is 18.5 Å². The van der Waals surface area contributed by atoms with Crippen LogP contribution in [0, 0.1) is 17.0 Å². The van der Waals surface area contributed by atoms with Crippen molar-refractivity contribution < 1.29 is 13.6 Å². The Morgan fingerprint density at radius 3 is 2.70 bits per heavy atom. The molecule has 0 saturated carbocycles. The van der Waals surface area contributed by atoms with Gasteiger partial charge in [-0.05, 0) is 30.5 Å². The number of hydrogen-bond acceptors (Lipinski definition) is 3. The Balaban J connectivity index is 2.09. The second-order valence-electron chi connectivity index (χ2n) is 5.02. The van der Waals surface area contributed by atoms with E-state index in [1.807, 2.05) is 0 Å². The number of benzene rings is 1. The minimum Gasteiger partial charge on any atom is -0.282 e. The Morgan fingerprint density at radius 2 is 2.04 bits per heavy atom. The monoisotopic (exact) mass is 341 g/mol. The molecule has 0 radical (unpaired) electrons. The third-order valence-electron chi connectivity index (χ3n) is 3.42. The fourth-order valence-corrected chi connectivity index (χ4v) is 2.36. The van der Waals surface area contributed by atoms with Gasteiger partial charge in [-0.2, -0.15) is 0 Å². The van der Waals surface area contributed by atoms with Crippen molar-refractivity contribution in [2.24, 2.45) is 7.05 Å². The molecule has 2 aromatic rings. The molecule has 1 aromatic carbocycles. The van der Waals surface area contributed by atoms with Crippen molar-refractivity contribution in [2.45, 2.75) is 19.3 Å². The van der Waals surface area contributed by atoms with Crippen molar-refractivity contribution in [3.05, 3.63) is 62.6 Å². The molecule has 2 rings (SSSR count). The first-order valence-electron chi connectivity index (χ1n) is 6.81. The molecule has 23 heavy (non-hydrogen) atoms. The molecule has 0 spiro atoms. The lowest BCUT2D eigenvalue weighted by molar-refractivity contribution is 0.0890. The third kappa shape index (κ3) is 3.73. The van der Waals surface area contributed by atoms with Crippen molar-refractivity contribution >= 4 is 17.5 Å². The van der Waals surface area contributed by atoms with Crippen LogP contribution in [0.25, 0.3) is 0 Å². The van der Waals surface area contributed by atoms with E-state index in [9.17, 15) is 18.4 Å². The predicted molar refractivity (Wildman–Crippen MR) is 80.5 cm³/mol. The van der Waals surface area contributed by atoms with Gasteiger partial charge in [-0.1, -0.05) is 17.7 Å². The van der Waals surface area contributed by atoms with Crippen LogP contribution in [0.5, 0.6) is 0 Å². The number of nitrogens with zero attached hydrogens (tertiary/aromatic N) is 2. The van der Waals surface area contributed by atoms with E-state index >= 15 is 0 Å². The highest BCUT2D eigenvalue weighted by Gasteiger charge is 2.12. The van der Waals surface area contributed by atoms with Crippen LogP contribution in [-0.4, -0.2) is 15.0 Å². The first-order chi connectivity index (χ1) is 10.8. The van der Waals surface area contributed by atoms with Crippen LogP contribution in [0.3, 0.4) is 0 Å². The molecule has 5 nitrogen and oxygen atoms in total. The molecule has 0 unspecified atom stereocenters. The van der Waals surface area contributed by atoms with E-state index in [0.717, 1.165) is 10.8 Å². The van der Waals surface area contributed by atoms with Gasteiger partial charge in [-0.25, -0.2) is 18.1 Å². The standard InChI is InChI=1S/C15H14ClF2N3O2/c1-20-14(19)12(18)8-21(15(20)23)13(22)4-2-3-9-5-6-10(17)7-11(9)16/h5-8,19H,2-4H2,1H3.